The molecule has 0 atom stereocenters. The number of hydrogen-bond donors (Lipinski definition) is 2. The molecule has 1 rings (SSSR count). The molecule has 3 nitrogen and oxygen atoms in total. The van der Waals surface area contributed by atoms with Gasteiger partial charge in [-0.1, -0.05) is 82.6 Å². The number of carboxylic acids is 1. The molecule has 1 aromatic rings. The highest BCUT2D eigenvalue weighted by Crippen LogP contribution is 2.23. The van der Waals surface area contributed by atoms with Crippen molar-refractivity contribution < 1.29 is 15.0 Å². The quantitative estimate of drug-likeness (QED) is 0.236. The van der Waals surface area contributed by atoms with Gasteiger partial charge in [0.05, 0.1) is 0 Å². The second-order valence-electron chi connectivity index (χ2n) is 7.45. The van der Waals surface area contributed by atoms with Crippen molar-refractivity contribution >= 4 is 5.97 Å². The third-order valence-electron chi connectivity index (χ3n) is 5.05. The van der Waals surface area contributed by atoms with Crippen LogP contribution in [0.3, 0.4) is 0 Å². The number of hydrogen-bond acceptors (Lipinski definition) is 2. The Morgan fingerprint density at radius 2 is 1.41 bits per heavy atom. The van der Waals surface area contributed by atoms with E-state index in [1.807, 2.05) is 0 Å². The van der Waals surface area contributed by atoms with Crippen molar-refractivity contribution in [2.75, 3.05) is 0 Å². The molecular formula is C24H38O3. The van der Waals surface area contributed by atoms with Crippen LogP contribution in [-0.2, 0) is 6.42 Å². The molecule has 0 radical (unpaired) electrons. The van der Waals surface area contributed by atoms with Crippen LogP contribution in [0.2, 0.25) is 0 Å². The number of aromatic carboxylic acids is 1. The van der Waals surface area contributed by atoms with E-state index in [2.05, 4.69) is 19.1 Å². The van der Waals surface area contributed by atoms with Gasteiger partial charge in [-0.3, -0.25) is 0 Å². The van der Waals surface area contributed by atoms with E-state index in [4.69, 9.17) is 0 Å². The minimum Gasteiger partial charge on any atom is -0.507 e. The van der Waals surface area contributed by atoms with Crippen molar-refractivity contribution in [2.24, 2.45) is 0 Å². The molecule has 0 amide bonds. The first-order valence-corrected chi connectivity index (χ1v) is 10.9. The first-order chi connectivity index (χ1) is 13.2. The van der Waals surface area contributed by atoms with Gasteiger partial charge < -0.3 is 10.2 Å². The fourth-order valence-electron chi connectivity index (χ4n) is 3.43. The number of phenols is 1. The summed E-state index contributed by atoms with van der Waals surface area (Å²) in [6.07, 6.45) is 21.7. The number of benzene rings is 1. The Morgan fingerprint density at radius 1 is 0.852 bits per heavy atom. The van der Waals surface area contributed by atoms with Crippen LogP contribution >= 0.6 is 0 Å². The van der Waals surface area contributed by atoms with E-state index in [-0.39, 0.29) is 11.3 Å². The maximum Gasteiger partial charge on any atom is 0.339 e. The van der Waals surface area contributed by atoms with Crippen molar-refractivity contribution in [1.29, 1.82) is 0 Å². The summed E-state index contributed by atoms with van der Waals surface area (Å²) in [7, 11) is 0. The second kappa shape index (κ2) is 15.3. The summed E-state index contributed by atoms with van der Waals surface area (Å²) in [4.78, 5) is 11.2. The summed E-state index contributed by atoms with van der Waals surface area (Å²) in [6.45, 7) is 2.26. The van der Waals surface area contributed by atoms with Crippen LogP contribution in [-0.4, -0.2) is 16.2 Å². The Kier molecular flexibility index (Phi) is 13.2. The molecule has 0 aliphatic heterocycles. The van der Waals surface area contributed by atoms with E-state index in [9.17, 15) is 15.0 Å². The highest BCUT2D eigenvalue weighted by atomic mass is 16.4. The lowest BCUT2D eigenvalue weighted by atomic mass is 9.99. The Labute approximate surface area is 165 Å². The lowest BCUT2D eigenvalue weighted by molar-refractivity contribution is 0.0692. The average molecular weight is 375 g/mol. The normalized spacial score (nSPS) is 11.3. The molecule has 0 spiro atoms. The van der Waals surface area contributed by atoms with Crippen LogP contribution in [0.4, 0.5) is 0 Å². The number of carboxylic acid groups (broad SMARTS) is 1. The highest BCUT2D eigenvalue weighted by molar-refractivity contribution is 5.92. The molecule has 2 N–H and O–H groups in total. The summed E-state index contributed by atoms with van der Waals surface area (Å²) >= 11 is 0. The summed E-state index contributed by atoms with van der Waals surface area (Å²) in [6, 6.07) is 4.96. The topological polar surface area (TPSA) is 57.5 Å². The smallest absolute Gasteiger partial charge is 0.339 e. The molecule has 0 aliphatic rings. The number of aryl methyl sites for hydroxylation is 1. The van der Waals surface area contributed by atoms with Crippen molar-refractivity contribution in [1.82, 2.24) is 0 Å². The van der Waals surface area contributed by atoms with Gasteiger partial charge in [0, 0.05) is 0 Å². The van der Waals surface area contributed by atoms with E-state index >= 15 is 0 Å². The van der Waals surface area contributed by atoms with Gasteiger partial charge in [0.1, 0.15) is 11.3 Å². The fraction of sp³-hybridized carbons (Fsp3) is 0.625. The number of unbranched alkanes of at least 4 members (excludes halogenated alkanes) is 11. The van der Waals surface area contributed by atoms with Gasteiger partial charge in [-0.15, -0.1) is 0 Å². The van der Waals surface area contributed by atoms with Crippen LogP contribution in [0.25, 0.3) is 0 Å². The van der Waals surface area contributed by atoms with Gasteiger partial charge in [-0.25, -0.2) is 4.79 Å². The summed E-state index contributed by atoms with van der Waals surface area (Å²) in [5.41, 5.74) is 0.799. The molecule has 27 heavy (non-hydrogen) atoms. The molecule has 3 heteroatoms. The fourth-order valence-corrected chi connectivity index (χ4v) is 3.43. The van der Waals surface area contributed by atoms with Crippen molar-refractivity contribution in [3.05, 3.63) is 41.5 Å². The molecule has 0 saturated heterocycles. The number of allylic oxidation sites excluding steroid dienone is 2. The third kappa shape index (κ3) is 10.8. The largest absolute Gasteiger partial charge is 0.507 e. The SMILES string of the molecule is CCCCCCCC/C=C/CCCCCCCc1cccc(O)c1C(=O)O. The molecule has 0 aromatic heterocycles. The van der Waals surface area contributed by atoms with Gasteiger partial charge in [-0.2, -0.15) is 0 Å². The Hall–Kier alpha value is -1.77. The molecule has 0 heterocycles. The number of rotatable bonds is 16. The standard InChI is InChI=1S/C24H38O3/c1-2-3-4-5-6-7-8-9-10-11-12-13-14-15-16-18-21-19-17-20-22(25)23(21)24(26)27/h9-10,17,19-20,25H,2-8,11-16,18H2,1H3,(H,26,27)/b10-9+. The van der Waals surface area contributed by atoms with E-state index in [0.717, 1.165) is 18.4 Å². The van der Waals surface area contributed by atoms with Crippen LogP contribution in [0.1, 0.15) is 106 Å². The zero-order chi connectivity index (χ0) is 19.7. The Morgan fingerprint density at radius 3 is 2.00 bits per heavy atom. The minimum atomic E-state index is -1.05. The zero-order valence-electron chi connectivity index (χ0n) is 17.1. The number of carbonyl (C=O) groups is 1. The maximum atomic E-state index is 11.2. The van der Waals surface area contributed by atoms with Gasteiger partial charge in [0.15, 0.2) is 0 Å². The van der Waals surface area contributed by atoms with Crippen molar-refractivity contribution in [3.63, 3.8) is 0 Å². The molecule has 0 unspecified atom stereocenters. The predicted octanol–water partition coefficient (Wildman–Crippen LogP) is 7.28. The van der Waals surface area contributed by atoms with Crippen LogP contribution < -0.4 is 0 Å². The lowest BCUT2D eigenvalue weighted by Gasteiger charge is -2.07. The molecular weight excluding hydrogens is 336 g/mol. The van der Waals surface area contributed by atoms with E-state index in [1.165, 1.54) is 76.7 Å². The van der Waals surface area contributed by atoms with E-state index in [1.54, 1.807) is 12.1 Å². The van der Waals surface area contributed by atoms with Crippen molar-refractivity contribution in [3.8, 4) is 5.75 Å². The maximum absolute atomic E-state index is 11.2. The molecule has 152 valence electrons. The number of aromatic hydroxyl groups is 1. The van der Waals surface area contributed by atoms with Crippen LogP contribution in [0.5, 0.6) is 5.75 Å². The zero-order valence-corrected chi connectivity index (χ0v) is 17.1. The lowest BCUT2D eigenvalue weighted by Crippen LogP contribution is -2.03. The molecule has 0 bridgehead atoms. The van der Waals surface area contributed by atoms with Gasteiger partial charge in [-0.05, 0) is 50.2 Å². The van der Waals surface area contributed by atoms with Crippen LogP contribution in [0, 0.1) is 0 Å². The van der Waals surface area contributed by atoms with Gasteiger partial charge in [0.2, 0.25) is 0 Å². The first kappa shape index (κ1) is 23.3. The first-order valence-electron chi connectivity index (χ1n) is 10.9. The molecule has 0 saturated carbocycles. The van der Waals surface area contributed by atoms with Gasteiger partial charge in [0.25, 0.3) is 0 Å². The molecule has 0 aliphatic carbocycles. The summed E-state index contributed by atoms with van der Waals surface area (Å²) in [5, 5.41) is 18.9. The minimum absolute atomic E-state index is 0.0630. The van der Waals surface area contributed by atoms with Gasteiger partial charge >= 0.3 is 5.97 Å². The third-order valence-corrected chi connectivity index (χ3v) is 5.05. The van der Waals surface area contributed by atoms with E-state index < -0.39 is 5.97 Å². The Bertz CT molecular complexity index is 549. The molecule has 0 fully saturated rings. The highest BCUT2D eigenvalue weighted by Gasteiger charge is 2.14. The average Bonchev–Trinajstić information content (AvgIpc) is 2.64. The summed E-state index contributed by atoms with van der Waals surface area (Å²) < 4.78 is 0. The Balaban J connectivity index is 2.00. The van der Waals surface area contributed by atoms with Crippen molar-refractivity contribution in [2.45, 2.75) is 96.8 Å². The monoisotopic (exact) mass is 374 g/mol. The predicted molar refractivity (Wildman–Crippen MR) is 114 cm³/mol. The second-order valence-corrected chi connectivity index (χ2v) is 7.45. The van der Waals surface area contributed by atoms with Crippen LogP contribution in [0.15, 0.2) is 30.4 Å². The summed E-state index contributed by atoms with van der Waals surface area (Å²) in [5.74, 6) is -1.18. The molecule has 1 aromatic carbocycles. The van der Waals surface area contributed by atoms with E-state index in [0.29, 0.717) is 6.42 Å².